The molecule has 15 heavy (non-hydrogen) atoms. The first kappa shape index (κ1) is 14.6. The quantitative estimate of drug-likeness (QED) is 0.835. The Morgan fingerprint density at radius 1 is 1.53 bits per heavy atom. The van der Waals surface area contributed by atoms with Gasteiger partial charge in [-0.2, -0.15) is 0 Å². The molecule has 1 aromatic rings. The van der Waals surface area contributed by atoms with Crippen molar-refractivity contribution >= 4 is 28.3 Å². The van der Waals surface area contributed by atoms with Crippen molar-refractivity contribution in [1.29, 1.82) is 0 Å². The van der Waals surface area contributed by atoms with E-state index in [-0.39, 0.29) is 24.3 Å². The van der Waals surface area contributed by atoms with Crippen molar-refractivity contribution in [2.75, 3.05) is 0 Å². The lowest BCUT2D eigenvalue weighted by Crippen LogP contribution is -2.10. The van der Waals surface area contributed by atoms with Gasteiger partial charge in [0.1, 0.15) is 5.82 Å². The molecular formula is C11H14BrClFN. The van der Waals surface area contributed by atoms with Crippen LogP contribution in [0.4, 0.5) is 4.39 Å². The average Bonchev–Trinajstić information content (AvgIpc) is 2.18. The maximum atomic E-state index is 13.1. The Bertz CT molecular complexity index is 330. The molecule has 1 rings (SSSR count). The van der Waals surface area contributed by atoms with Gasteiger partial charge in [0.2, 0.25) is 0 Å². The summed E-state index contributed by atoms with van der Waals surface area (Å²) in [6.07, 6.45) is 3.43. The van der Waals surface area contributed by atoms with E-state index in [2.05, 4.69) is 22.5 Å². The number of nitrogens with two attached hydrogens (primary N) is 1. The minimum Gasteiger partial charge on any atom is -0.324 e. The fourth-order valence-electron chi connectivity index (χ4n) is 1.26. The summed E-state index contributed by atoms with van der Waals surface area (Å²) in [5, 5.41) is 0. The van der Waals surface area contributed by atoms with E-state index in [1.165, 1.54) is 6.07 Å². The molecule has 1 aromatic carbocycles. The van der Waals surface area contributed by atoms with E-state index in [4.69, 9.17) is 5.73 Å². The molecule has 0 saturated carbocycles. The second-order valence-corrected chi connectivity index (χ2v) is 3.91. The van der Waals surface area contributed by atoms with Gasteiger partial charge in [0.05, 0.1) is 4.47 Å². The van der Waals surface area contributed by atoms with E-state index in [0.29, 0.717) is 4.47 Å². The van der Waals surface area contributed by atoms with Gasteiger partial charge < -0.3 is 5.73 Å². The Labute approximate surface area is 104 Å². The second-order valence-electron chi connectivity index (χ2n) is 3.12. The van der Waals surface area contributed by atoms with Gasteiger partial charge in [-0.15, -0.1) is 19.0 Å². The minimum atomic E-state index is -0.267. The molecule has 0 saturated heterocycles. The lowest BCUT2D eigenvalue weighted by atomic mass is 10.0. The highest BCUT2D eigenvalue weighted by Crippen LogP contribution is 2.27. The minimum absolute atomic E-state index is 0. The second kappa shape index (κ2) is 6.99. The van der Waals surface area contributed by atoms with Gasteiger partial charge in [0, 0.05) is 6.04 Å². The topological polar surface area (TPSA) is 26.0 Å². The van der Waals surface area contributed by atoms with E-state index in [9.17, 15) is 4.39 Å². The summed E-state index contributed by atoms with van der Waals surface area (Å²) >= 11 is 3.19. The molecule has 0 unspecified atom stereocenters. The van der Waals surface area contributed by atoms with Crippen LogP contribution in [-0.4, -0.2) is 0 Å². The normalized spacial score (nSPS) is 11.7. The van der Waals surface area contributed by atoms with Crippen molar-refractivity contribution in [1.82, 2.24) is 0 Å². The zero-order valence-corrected chi connectivity index (χ0v) is 10.7. The first-order chi connectivity index (χ1) is 6.66. The average molecular weight is 295 g/mol. The van der Waals surface area contributed by atoms with Crippen LogP contribution in [0.25, 0.3) is 0 Å². The van der Waals surface area contributed by atoms with E-state index in [0.717, 1.165) is 18.4 Å². The van der Waals surface area contributed by atoms with Crippen LogP contribution in [0.15, 0.2) is 35.3 Å². The first-order valence-electron chi connectivity index (χ1n) is 4.47. The largest absolute Gasteiger partial charge is 0.324 e. The summed E-state index contributed by atoms with van der Waals surface area (Å²) in [7, 11) is 0. The first-order valence-corrected chi connectivity index (χ1v) is 5.26. The molecule has 0 aliphatic rings. The van der Waals surface area contributed by atoms with Crippen LogP contribution in [0.5, 0.6) is 0 Å². The highest BCUT2D eigenvalue weighted by atomic mass is 79.9. The third kappa shape index (κ3) is 3.93. The van der Waals surface area contributed by atoms with Gasteiger partial charge in [-0.05, 0) is 40.4 Å². The van der Waals surface area contributed by atoms with Crippen molar-refractivity contribution in [3.8, 4) is 0 Å². The summed E-state index contributed by atoms with van der Waals surface area (Å²) in [5.41, 5.74) is 6.72. The molecule has 2 N–H and O–H groups in total. The Kier molecular flexibility index (Phi) is 6.81. The molecule has 0 fully saturated rings. The van der Waals surface area contributed by atoms with Gasteiger partial charge in [0.15, 0.2) is 0 Å². The molecule has 0 aliphatic carbocycles. The van der Waals surface area contributed by atoms with Gasteiger partial charge >= 0.3 is 0 Å². The Balaban J connectivity index is 0.00000196. The maximum absolute atomic E-state index is 13.1. The Morgan fingerprint density at radius 2 is 2.20 bits per heavy atom. The van der Waals surface area contributed by atoms with Crippen molar-refractivity contribution in [2.24, 2.45) is 5.73 Å². The van der Waals surface area contributed by atoms with Crippen molar-refractivity contribution in [2.45, 2.75) is 18.9 Å². The number of hydrogen-bond acceptors (Lipinski definition) is 1. The van der Waals surface area contributed by atoms with Crippen LogP contribution >= 0.6 is 28.3 Å². The van der Waals surface area contributed by atoms with Crippen LogP contribution in [0.1, 0.15) is 24.4 Å². The van der Waals surface area contributed by atoms with Gasteiger partial charge in [-0.1, -0.05) is 18.2 Å². The molecule has 1 atom stereocenters. The van der Waals surface area contributed by atoms with E-state index < -0.39 is 0 Å². The number of halogens is 3. The van der Waals surface area contributed by atoms with Crippen LogP contribution in [0.3, 0.4) is 0 Å². The molecule has 0 radical (unpaired) electrons. The third-order valence-corrected chi connectivity index (χ3v) is 2.90. The molecule has 0 bridgehead atoms. The van der Waals surface area contributed by atoms with E-state index in [1.54, 1.807) is 6.07 Å². The monoisotopic (exact) mass is 293 g/mol. The van der Waals surface area contributed by atoms with Gasteiger partial charge in [0.25, 0.3) is 0 Å². The summed E-state index contributed by atoms with van der Waals surface area (Å²) < 4.78 is 13.6. The van der Waals surface area contributed by atoms with Gasteiger partial charge in [-0.3, -0.25) is 0 Å². The van der Waals surface area contributed by atoms with Crippen LogP contribution in [-0.2, 0) is 0 Å². The number of rotatable bonds is 4. The molecule has 0 aromatic heterocycles. The van der Waals surface area contributed by atoms with Crippen molar-refractivity contribution in [3.05, 3.63) is 46.7 Å². The SMILES string of the molecule is C=CCC[C@H](N)c1cccc(F)c1Br.Cl. The molecule has 0 heterocycles. The molecule has 0 aliphatic heterocycles. The zero-order chi connectivity index (χ0) is 10.6. The van der Waals surface area contributed by atoms with Crippen LogP contribution in [0, 0.1) is 5.82 Å². The fourth-order valence-corrected chi connectivity index (χ4v) is 1.82. The molecule has 0 amide bonds. The summed E-state index contributed by atoms with van der Waals surface area (Å²) in [4.78, 5) is 0. The van der Waals surface area contributed by atoms with Gasteiger partial charge in [-0.25, -0.2) is 4.39 Å². The standard InChI is InChI=1S/C11H13BrFN.ClH/c1-2-3-7-10(14)8-5-4-6-9(13)11(8)12;/h2,4-6,10H,1,3,7,14H2;1H/t10-;/m0./s1. The lowest BCUT2D eigenvalue weighted by molar-refractivity contribution is 0.603. The molecular weight excluding hydrogens is 280 g/mol. The number of allylic oxidation sites excluding steroid dienone is 1. The fraction of sp³-hybridized carbons (Fsp3) is 0.273. The lowest BCUT2D eigenvalue weighted by Gasteiger charge is -2.12. The van der Waals surface area contributed by atoms with Crippen molar-refractivity contribution < 1.29 is 4.39 Å². The molecule has 0 spiro atoms. The molecule has 4 heteroatoms. The smallest absolute Gasteiger partial charge is 0.137 e. The van der Waals surface area contributed by atoms with E-state index in [1.807, 2.05) is 12.1 Å². The molecule has 84 valence electrons. The zero-order valence-electron chi connectivity index (χ0n) is 8.25. The predicted molar refractivity (Wildman–Crippen MR) is 67.7 cm³/mol. The maximum Gasteiger partial charge on any atom is 0.137 e. The number of hydrogen-bond donors (Lipinski definition) is 1. The Morgan fingerprint density at radius 3 is 2.80 bits per heavy atom. The predicted octanol–water partition coefficient (Wildman–Crippen LogP) is 3.98. The number of benzene rings is 1. The third-order valence-electron chi connectivity index (χ3n) is 2.06. The van der Waals surface area contributed by atoms with Crippen molar-refractivity contribution in [3.63, 3.8) is 0 Å². The summed E-state index contributed by atoms with van der Waals surface area (Å²) in [6, 6.07) is 4.77. The van der Waals surface area contributed by atoms with Crippen LogP contribution in [0.2, 0.25) is 0 Å². The van der Waals surface area contributed by atoms with Crippen LogP contribution < -0.4 is 5.73 Å². The van der Waals surface area contributed by atoms with E-state index >= 15 is 0 Å². The highest BCUT2D eigenvalue weighted by Gasteiger charge is 2.11. The summed E-state index contributed by atoms with van der Waals surface area (Å²) in [6.45, 7) is 3.62. The molecule has 1 nitrogen and oxygen atoms in total. The summed E-state index contributed by atoms with van der Waals surface area (Å²) in [5.74, 6) is -0.267. The Hall–Kier alpha value is -0.380. The highest BCUT2D eigenvalue weighted by molar-refractivity contribution is 9.10.